The summed E-state index contributed by atoms with van der Waals surface area (Å²) in [5.74, 6) is 0.632. The van der Waals surface area contributed by atoms with Crippen molar-refractivity contribution in [3.05, 3.63) is 47.0 Å². The second kappa shape index (κ2) is 9.07. The average molecular weight is 447 g/mol. The van der Waals surface area contributed by atoms with Crippen molar-refractivity contribution >= 4 is 33.0 Å². The Labute approximate surface area is 179 Å². The van der Waals surface area contributed by atoms with E-state index in [2.05, 4.69) is 15.5 Å². The predicted molar refractivity (Wildman–Crippen MR) is 114 cm³/mol. The number of sulfonamides is 1. The summed E-state index contributed by atoms with van der Waals surface area (Å²) >= 11 is 1.54. The molecule has 1 aliphatic rings. The Kier molecular flexibility index (Phi) is 6.26. The lowest BCUT2D eigenvalue weighted by Crippen LogP contribution is -2.35. The molecule has 1 amide bonds. The largest absolute Gasteiger partial charge is 0.339 e. The van der Waals surface area contributed by atoms with Gasteiger partial charge in [0.1, 0.15) is 0 Å². The molecule has 3 aromatic rings. The summed E-state index contributed by atoms with van der Waals surface area (Å²) in [5.41, 5.74) is 1.33. The van der Waals surface area contributed by atoms with Crippen LogP contribution in [0.4, 0.5) is 5.69 Å². The van der Waals surface area contributed by atoms with Gasteiger partial charge in [0.25, 0.3) is 0 Å². The van der Waals surface area contributed by atoms with Gasteiger partial charge in [0.05, 0.1) is 4.90 Å². The van der Waals surface area contributed by atoms with Crippen molar-refractivity contribution in [3.63, 3.8) is 0 Å². The summed E-state index contributed by atoms with van der Waals surface area (Å²) in [4.78, 5) is 16.8. The first kappa shape index (κ1) is 20.7. The van der Waals surface area contributed by atoms with Gasteiger partial charge in [-0.2, -0.15) is 20.6 Å². The number of benzene rings is 1. The van der Waals surface area contributed by atoms with Gasteiger partial charge in [0, 0.05) is 42.6 Å². The second-order valence-corrected chi connectivity index (χ2v) is 9.78. The minimum atomic E-state index is -3.54. The van der Waals surface area contributed by atoms with Crippen LogP contribution in [0.3, 0.4) is 0 Å². The fourth-order valence-electron chi connectivity index (χ4n) is 3.30. The molecule has 0 spiro atoms. The number of thiophene rings is 1. The molecule has 30 heavy (non-hydrogen) atoms. The zero-order valence-corrected chi connectivity index (χ0v) is 17.9. The minimum absolute atomic E-state index is 0.147. The lowest BCUT2D eigenvalue weighted by Gasteiger charge is -2.26. The average Bonchev–Trinajstić information content (AvgIpc) is 3.45. The number of nitrogens with zero attached hydrogens (tertiary/aromatic N) is 3. The number of anilines is 1. The quantitative estimate of drug-likeness (QED) is 0.595. The predicted octanol–water partition coefficient (Wildman–Crippen LogP) is 3.54. The highest BCUT2D eigenvalue weighted by Gasteiger charge is 2.26. The van der Waals surface area contributed by atoms with Crippen molar-refractivity contribution in [1.82, 2.24) is 14.4 Å². The van der Waals surface area contributed by atoms with Crippen molar-refractivity contribution in [2.45, 2.75) is 37.0 Å². The van der Waals surface area contributed by atoms with Gasteiger partial charge in [-0.25, -0.2) is 8.42 Å². The lowest BCUT2D eigenvalue weighted by molar-refractivity contribution is -0.116. The summed E-state index contributed by atoms with van der Waals surface area (Å²) in [6, 6.07) is 8.27. The maximum Gasteiger partial charge on any atom is 0.243 e. The van der Waals surface area contributed by atoms with Crippen molar-refractivity contribution in [3.8, 4) is 11.4 Å². The van der Waals surface area contributed by atoms with Gasteiger partial charge in [-0.3, -0.25) is 4.79 Å². The Morgan fingerprint density at radius 1 is 1.20 bits per heavy atom. The van der Waals surface area contributed by atoms with E-state index in [4.69, 9.17) is 4.52 Å². The van der Waals surface area contributed by atoms with Gasteiger partial charge < -0.3 is 9.84 Å². The first-order chi connectivity index (χ1) is 14.5. The Bertz CT molecular complexity index is 1100. The molecule has 0 saturated carbocycles. The number of carbonyl (C=O) groups excluding carboxylic acids is 1. The third-order valence-electron chi connectivity index (χ3n) is 4.88. The number of rotatable bonds is 7. The van der Waals surface area contributed by atoms with Crippen LogP contribution in [0.15, 0.2) is 50.5 Å². The van der Waals surface area contributed by atoms with Crippen LogP contribution in [0.1, 0.15) is 31.6 Å². The summed E-state index contributed by atoms with van der Waals surface area (Å²) in [5, 5.41) is 10.5. The molecule has 8 nitrogen and oxygen atoms in total. The van der Waals surface area contributed by atoms with Gasteiger partial charge in [-0.05, 0) is 42.5 Å². The van der Waals surface area contributed by atoms with Crippen LogP contribution in [0.2, 0.25) is 0 Å². The Balaban J connectivity index is 1.36. The summed E-state index contributed by atoms with van der Waals surface area (Å²) in [7, 11) is -3.54. The smallest absolute Gasteiger partial charge is 0.243 e. The van der Waals surface area contributed by atoms with Crippen LogP contribution in [-0.4, -0.2) is 41.9 Å². The molecule has 1 fully saturated rings. The molecule has 0 atom stereocenters. The number of nitrogens with one attached hydrogen (secondary N) is 1. The molecule has 0 bridgehead atoms. The first-order valence-corrected chi connectivity index (χ1v) is 12.2. The molecule has 0 aliphatic carbocycles. The number of piperidine rings is 1. The van der Waals surface area contributed by atoms with E-state index < -0.39 is 10.0 Å². The molecule has 1 aromatic carbocycles. The normalized spacial score (nSPS) is 15.2. The van der Waals surface area contributed by atoms with Crippen LogP contribution < -0.4 is 5.32 Å². The minimum Gasteiger partial charge on any atom is -0.339 e. The molecule has 0 unspecified atom stereocenters. The molecular formula is C20H22N4O4S2. The fraction of sp³-hybridized carbons (Fsp3) is 0.350. The van der Waals surface area contributed by atoms with E-state index in [0.717, 1.165) is 24.8 Å². The molecule has 10 heteroatoms. The number of hydrogen-bond donors (Lipinski definition) is 1. The van der Waals surface area contributed by atoms with E-state index in [1.807, 2.05) is 16.8 Å². The molecular weight excluding hydrogens is 424 g/mol. The van der Waals surface area contributed by atoms with Gasteiger partial charge in [0.2, 0.25) is 27.6 Å². The number of aryl methyl sites for hydroxylation is 1. The van der Waals surface area contributed by atoms with Crippen molar-refractivity contribution in [1.29, 1.82) is 0 Å². The Morgan fingerprint density at radius 3 is 2.80 bits per heavy atom. The van der Waals surface area contributed by atoms with E-state index in [1.54, 1.807) is 29.5 Å². The first-order valence-electron chi connectivity index (χ1n) is 9.77. The molecule has 3 heterocycles. The van der Waals surface area contributed by atoms with Crippen LogP contribution in [0, 0.1) is 0 Å². The zero-order chi connectivity index (χ0) is 21.0. The summed E-state index contributed by atoms with van der Waals surface area (Å²) < 4.78 is 32.4. The fourth-order valence-corrected chi connectivity index (χ4v) is 5.50. The monoisotopic (exact) mass is 446 g/mol. The second-order valence-electron chi connectivity index (χ2n) is 7.06. The van der Waals surface area contributed by atoms with Gasteiger partial charge in [0.15, 0.2) is 0 Å². The SMILES string of the molecule is O=C(CCc1nc(-c2ccsc2)no1)Nc1cccc(S(=O)(=O)N2CCCCC2)c1. The number of aromatic nitrogens is 2. The molecule has 1 aliphatic heterocycles. The highest BCUT2D eigenvalue weighted by Crippen LogP contribution is 2.23. The van der Waals surface area contributed by atoms with Crippen LogP contribution in [0.25, 0.3) is 11.4 Å². The van der Waals surface area contributed by atoms with Crippen molar-refractivity contribution in [2.24, 2.45) is 0 Å². The molecule has 4 rings (SSSR count). The van der Waals surface area contributed by atoms with E-state index in [9.17, 15) is 13.2 Å². The van der Waals surface area contributed by atoms with Crippen LogP contribution in [0.5, 0.6) is 0 Å². The molecule has 1 N–H and O–H groups in total. The summed E-state index contributed by atoms with van der Waals surface area (Å²) in [6.07, 6.45) is 3.25. The maximum atomic E-state index is 12.8. The van der Waals surface area contributed by atoms with Gasteiger partial charge >= 0.3 is 0 Å². The van der Waals surface area contributed by atoms with E-state index in [-0.39, 0.29) is 17.2 Å². The lowest BCUT2D eigenvalue weighted by atomic mass is 10.2. The van der Waals surface area contributed by atoms with E-state index in [0.29, 0.717) is 36.9 Å². The third kappa shape index (κ3) is 4.77. The van der Waals surface area contributed by atoms with E-state index in [1.165, 1.54) is 10.4 Å². The third-order valence-corrected chi connectivity index (χ3v) is 7.46. The number of amides is 1. The number of carbonyl (C=O) groups is 1. The van der Waals surface area contributed by atoms with Gasteiger partial charge in [-0.1, -0.05) is 17.6 Å². The molecule has 0 radical (unpaired) electrons. The number of hydrogen-bond acceptors (Lipinski definition) is 7. The molecule has 2 aromatic heterocycles. The molecule has 158 valence electrons. The van der Waals surface area contributed by atoms with Crippen molar-refractivity contribution in [2.75, 3.05) is 18.4 Å². The summed E-state index contributed by atoms with van der Waals surface area (Å²) in [6.45, 7) is 1.08. The van der Waals surface area contributed by atoms with Crippen LogP contribution >= 0.6 is 11.3 Å². The standard InChI is InChI=1S/C20H22N4O4S2/c25-18(7-8-19-22-20(23-28-19)15-9-12-29-14-15)21-16-5-4-6-17(13-16)30(26,27)24-10-2-1-3-11-24/h4-6,9,12-14H,1-3,7-8,10-11H2,(H,21,25). The van der Waals surface area contributed by atoms with Crippen molar-refractivity contribution < 1.29 is 17.7 Å². The highest BCUT2D eigenvalue weighted by atomic mass is 32.2. The van der Waals surface area contributed by atoms with Gasteiger partial charge in [-0.15, -0.1) is 0 Å². The maximum absolute atomic E-state index is 12.8. The van der Waals surface area contributed by atoms with Crippen LogP contribution in [-0.2, 0) is 21.2 Å². The molecule has 1 saturated heterocycles. The Hall–Kier alpha value is -2.56. The van der Waals surface area contributed by atoms with E-state index >= 15 is 0 Å². The highest BCUT2D eigenvalue weighted by molar-refractivity contribution is 7.89. The topological polar surface area (TPSA) is 105 Å². The Morgan fingerprint density at radius 2 is 2.03 bits per heavy atom. The zero-order valence-electron chi connectivity index (χ0n) is 16.3.